The van der Waals surface area contributed by atoms with E-state index >= 15 is 0 Å². The Bertz CT molecular complexity index is 1090. The Morgan fingerprint density at radius 3 is 2.25 bits per heavy atom. The second kappa shape index (κ2) is 11.3. The molecule has 3 rings (SSSR count). The Kier molecular flexibility index (Phi) is 7.99. The van der Waals surface area contributed by atoms with Gasteiger partial charge in [0.15, 0.2) is 5.78 Å². The van der Waals surface area contributed by atoms with Crippen molar-refractivity contribution in [1.82, 2.24) is 4.90 Å². The van der Waals surface area contributed by atoms with Crippen molar-refractivity contribution in [3.63, 3.8) is 0 Å². The van der Waals surface area contributed by atoms with E-state index in [1.807, 2.05) is 66.7 Å². The standard InChI is InChI=1S/C26H24N2O4/c1-31-24-12-10-20(11-13-24)17-28(26(30)32-19-21-6-3-2-4-7-21)18-22-8-5-9-23(16-22)25(29)14-15-27/h2-13,16H,14,17-19H2,1H3. The maximum Gasteiger partial charge on any atom is 0.410 e. The molecule has 1 amide bonds. The van der Waals surface area contributed by atoms with Crippen molar-refractivity contribution in [2.75, 3.05) is 7.11 Å². The molecule has 3 aromatic carbocycles. The summed E-state index contributed by atoms with van der Waals surface area (Å²) in [5.74, 6) is 0.485. The first-order chi connectivity index (χ1) is 15.6. The van der Waals surface area contributed by atoms with Gasteiger partial charge in [0.05, 0.1) is 19.6 Å². The fraction of sp³-hybridized carbons (Fsp3) is 0.192. The van der Waals surface area contributed by atoms with Crippen LogP contribution in [0.25, 0.3) is 0 Å². The van der Waals surface area contributed by atoms with Crippen LogP contribution in [-0.2, 0) is 24.4 Å². The third kappa shape index (κ3) is 6.44. The molecule has 0 heterocycles. The molecule has 0 saturated carbocycles. The number of hydrogen-bond acceptors (Lipinski definition) is 5. The highest BCUT2D eigenvalue weighted by atomic mass is 16.6. The number of nitrogens with zero attached hydrogens (tertiary/aromatic N) is 2. The minimum absolute atomic E-state index is 0.166. The molecule has 0 aliphatic carbocycles. The normalized spacial score (nSPS) is 10.1. The summed E-state index contributed by atoms with van der Waals surface area (Å²) in [4.78, 5) is 26.6. The molecule has 0 radical (unpaired) electrons. The monoisotopic (exact) mass is 428 g/mol. The molecule has 162 valence electrons. The Labute approximate surface area is 187 Å². The lowest BCUT2D eigenvalue weighted by molar-refractivity contribution is 0.0910. The number of ether oxygens (including phenoxy) is 2. The second-order valence-corrected chi connectivity index (χ2v) is 7.20. The van der Waals surface area contributed by atoms with Crippen LogP contribution in [-0.4, -0.2) is 23.9 Å². The van der Waals surface area contributed by atoms with Crippen molar-refractivity contribution in [3.05, 3.63) is 101 Å². The molecule has 0 atom stereocenters. The van der Waals surface area contributed by atoms with Gasteiger partial charge in [0, 0.05) is 18.7 Å². The summed E-state index contributed by atoms with van der Waals surface area (Å²) in [7, 11) is 1.60. The van der Waals surface area contributed by atoms with Gasteiger partial charge in [-0.2, -0.15) is 5.26 Å². The molecule has 32 heavy (non-hydrogen) atoms. The summed E-state index contributed by atoms with van der Waals surface area (Å²) in [6, 6.07) is 25.8. The summed E-state index contributed by atoms with van der Waals surface area (Å²) < 4.78 is 10.7. The molecule has 0 fully saturated rings. The molecule has 0 aliphatic rings. The van der Waals surface area contributed by atoms with E-state index in [0.717, 1.165) is 22.4 Å². The zero-order valence-corrected chi connectivity index (χ0v) is 17.9. The van der Waals surface area contributed by atoms with E-state index in [0.29, 0.717) is 12.1 Å². The highest BCUT2D eigenvalue weighted by Gasteiger charge is 2.17. The van der Waals surface area contributed by atoms with E-state index in [1.54, 1.807) is 30.2 Å². The molecule has 0 saturated heterocycles. The number of rotatable bonds is 9. The maximum atomic E-state index is 12.9. The van der Waals surface area contributed by atoms with E-state index < -0.39 is 6.09 Å². The number of benzene rings is 3. The molecule has 6 heteroatoms. The molecular weight excluding hydrogens is 404 g/mol. The van der Waals surface area contributed by atoms with Crippen molar-refractivity contribution < 1.29 is 19.1 Å². The SMILES string of the molecule is COc1ccc(CN(Cc2cccc(C(=O)CC#N)c2)C(=O)OCc2ccccc2)cc1. The third-order valence-electron chi connectivity index (χ3n) is 4.86. The Balaban J connectivity index is 1.77. The molecule has 3 aromatic rings. The molecule has 0 aliphatic heterocycles. The van der Waals surface area contributed by atoms with Gasteiger partial charge in [-0.3, -0.25) is 9.69 Å². The summed E-state index contributed by atoms with van der Waals surface area (Å²) in [6.45, 7) is 0.751. The summed E-state index contributed by atoms with van der Waals surface area (Å²) in [5, 5.41) is 8.79. The lowest BCUT2D eigenvalue weighted by atomic mass is 10.1. The number of carbonyl (C=O) groups excluding carboxylic acids is 2. The topological polar surface area (TPSA) is 79.6 Å². The molecular formula is C26H24N2O4. The Hall–Kier alpha value is -4.11. The van der Waals surface area contributed by atoms with Crippen molar-refractivity contribution in [3.8, 4) is 11.8 Å². The van der Waals surface area contributed by atoms with Crippen LogP contribution in [0.4, 0.5) is 4.79 Å². The molecule has 0 spiro atoms. The first-order valence-corrected chi connectivity index (χ1v) is 10.2. The van der Waals surface area contributed by atoms with Crippen molar-refractivity contribution in [2.45, 2.75) is 26.1 Å². The van der Waals surface area contributed by atoms with Gasteiger partial charge < -0.3 is 9.47 Å². The smallest absolute Gasteiger partial charge is 0.410 e. The van der Waals surface area contributed by atoms with Crippen LogP contribution in [0.15, 0.2) is 78.9 Å². The fourth-order valence-corrected chi connectivity index (χ4v) is 3.18. The van der Waals surface area contributed by atoms with Crippen molar-refractivity contribution in [1.29, 1.82) is 5.26 Å². The minimum Gasteiger partial charge on any atom is -0.497 e. The van der Waals surface area contributed by atoms with Crippen LogP contribution in [0.3, 0.4) is 0 Å². The van der Waals surface area contributed by atoms with E-state index in [-0.39, 0.29) is 25.4 Å². The highest BCUT2D eigenvalue weighted by molar-refractivity contribution is 5.97. The molecule has 6 nitrogen and oxygen atoms in total. The summed E-state index contributed by atoms with van der Waals surface area (Å²) >= 11 is 0. The average Bonchev–Trinajstić information content (AvgIpc) is 2.83. The third-order valence-corrected chi connectivity index (χ3v) is 4.86. The number of hydrogen-bond donors (Lipinski definition) is 0. The minimum atomic E-state index is -0.460. The molecule has 0 N–H and O–H groups in total. The molecule has 0 bridgehead atoms. The van der Waals surface area contributed by atoms with Gasteiger partial charge in [-0.05, 0) is 34.9 Å². The second-order valence-electron chi connectivity index (χ2n) is 7.20. The summed E-state index contributed by atoms with van der Waals surface area (Å²) in [5.41, 5.74) is 3.04. The number of carbonyl (C=O) groups is 2. The number of amides is 1. The average molecular weight is 428 g/mol. The number of nitriles is 1. The van der Waals surface area contributed by atoms with Crippen LogP contribution >= 0.6 is 0 Å². The lowest BCUT2D eigenvalue weighted by Gasteiger charge is -2.23. The van der Waals surface area contributed by atoms with E-state index in [1.165, 1.54) is 0 Å². The van der Waals surface area contributed by atoms with Crippen molar-refractivity contribution in [2.24, 2.45) is 0 Å². The van der Waals surface area contributed by atoms with Crippen molar-refractivity contribution >= 4 is 11.9 Å². The van der Waals surface area contributed by atoms with E-state index in [9.17, 15) is 9.59 Å². The van der Waals surface area contributed by atoms with Gasteiger partial charge in [-0.1, -0.05) is 60.7 Å². The zero-order chi connectivity index (χ0) is 22.8. The van der Waals surface area contributed by atoms with Crippen LogP contribution in [0.5, 0.6) is 5.75 Å². The van der Waals surface area contributed by atoms with Crippen LogP contribution in [0, 0.1) is 11.3 Å². The predicted molar refractivity (Wildman–Crippen MR) is 120 cm³/mol. The van der Waals surface area contributed by atoms with E-state index in [4.69, 9.17) is 14.7 Å². The predicted octanol–water partition coefficient (Wildman–Crippen LogP) is 5.13. The highest BCUT2D eigenvalue weighted by Crippen LogP contribution is 2.17. The number of ketones is 1. The van der Waals surface area contributed by atoms with Gasteiger partial charge in [0.2, 0.25) is 0 Å². The lowest BCUT2D eigenvalue weighted by Crippen LogP contribution is -2.30. The van der Waals surface area contributed by atoms with Gasteiger partial charge in [-0.15, -0.1) is 0 Å². The first kappa shape index (κ1) is 22.6. The zero-order valence-electron chi connectivity index (χ0n) is 17.9. The van der Waals surface area contributed by atoms with E-state index in [2.05, 4.69) is 0 Å². The first-order valence-electron chi connectivity index (χ1n) is 10.2. The number of methoxy groups -OCH3 is 1. The maximum absolute atomic E-state index is 12.9. The fourth-order valence-electron chi connectivity index (χ4n) is 3.18. The van der Waals surface area contributed by atoms with Gasteiger partial charge >= 0.3 is 6.09 Å². The summed E-state index contributed by atoms with van der Waals surface area (Å²) in [6.07, 6.45) is -0.642. The van der Waals surface area contributed by atoms with Gasteiger partial charge in [-0.25, -0.2) is 4.79 Å². The molecule has 0 aromatic heterocycles. The Morgan fingerprint density at radius 2 is 1.56 bits per heavy atom. The van der Waals surface area contributed by atoms with Crippen LogP contribution in [0.1, 0.15) is 33.5 Å². The Morgan fingerprint density at radius 1 is 0.875 bits per heavy atom. The quantitative estimate of drug-likeness (QED) is 0.442. The number of Topliss-reactive ketones (excluding diaryl/α,β-unsaturated/α-hetero) is 1. The van der Waals surface area contributed by atoms with Crippen LogP contribution < -0.4 is 4.74 Å². The largest absolute Gasteiger partial charge is 0.497 e. The van der Waals surface area contributed by atoms with Gasteiger partial charge in [0.1, 0.15) is 12.4 Å². The van der Waals surface area contributed by atoms with Crippen LogP contribution in [0.2, 0.25) is 0 Å². The van der Waals surface area contributed by atoms with Gasteiger partial charge in [0.25, 0.3) is 0 Å². The molecule has 0 unspecified atom stereocenters.